The SMILES string of the molecule is COc1ccc(N(C)S(=O)(=O)c2ccc(Br)c(F)c2)cc1. The third kappa shape index (κ3) is 3.19. The lowest BCUT2D eigenvalue weighted by Crippen LogP contribution is -2.26. The number of nitrogens with zero attached hydrogens (tertiary/aromatic N) is 1. The summed E-state index contributed by atoms with van der Waals surface area (Å²) in [6.45, 7) is 0. The second-order valence-electron chi connectivity index (χ2n) is 4.25. The van der Waals surface area contributed by atoms with Gasteiger partial charge in [0.25, 0.3) is 10.0 Å². The summed E-state index contributed by atoms with van der Waals surface area (Å²) in [6.07, 6.45) is 0. The number of halogens is 2. The minimum atomic E-state index is -3.82. The van der Waals surface area contributed by atoms with Crippen molar-refractivity contribution in [2.24, 2.45) is 0 Å². The molecule has 0 amide bonds. The zero-order chi connectivity index (χ0) is 15.6. The Kier molecular flexibility index (Phi) is 4.53. The number of ether oxygens (including phenoxy) is 1. The molecule has 0 bridgehead atoms. The average molecular weight is 374 g/mol. The van der Waals surface area contributed by atoms with Crippen LogP contribution < -0.4 is 9.04 Å². The molecule has 0 fully saturated rings. The Morgan fingerprint density at radius 3 is 2.29 bits per heavy atom. The predicted molar refractivity (Wildman–Crippen MR) is 82.7 cm³/mol. The van der Waals surface area contributed by atoms with Crippen LogP contribution >= 0.6 is 15.9 Å². The summed E-state index contributed by atoms with van der Waals surface area (Å²) in [4.78, 5) is -0.110. The largest absolute Gasteiger partial charge is 0.497 e. The molecule has 21 heavy (non-hydrogen) atoms. The van der Waals surface area contributed by atoms with Crippen LogP contribution in [-0.2, 0) is 10.0 Å². The van der Waals surface area contributed by atoms with E-state index in [9.17, 15) is 12.8 Å². The first kappa shape index (κ1) is 15.8. The molecule has 0 aliphatic rings. The number of hydrogen-bond acceptors (Lipinski definition) is 3. The molecule has 112 valence electrons. The third-order valence-corrected chi connectivity index (χ3v) is 5.41. The van der Waals surface area contributed by atoms with Gasteiger partial charge in [-0.1, -0.05) is 0 Å². The van der Waals surface area contributed by atoms with E-state index < -0.39 is 15.8 Å². The Hall–Kier alpha value is -1.60. The summed E-state index contributed by atoms with van der Waals surface area (Å²) in [5, 5.41) is 0. The van der Waals surface area contributed by atoms with Crippen molar-refractivity contribution in [3.8, 4) is 5.75 Å². The second-order valence-corrected chi connectivity index (χ2v) is 7.07. The Bertz CT molecular complexity index is 747. The lowest BCUT2D eigenvalue weighted by molar-refractivity contribution is 0.415. The lowest BCUT2D eigenvalue weighted by atomic mass is 10.3. The van der Waals surface area contributed by atoms with Gasteiger partial charge in [-0.2, -0.15) is 0 Å². The van der Waals surface area contributed by atoms with E-state index >= 15 is 0 Å². The minimum Gasteiger partial charge on any atom is -0.497 e. The van der Waals surface area contributed by atoms with E-state index in [2.05, 4.69) is 15.9 Å². The molecule has 0 aromatic heterocycles. The van der Waals surface area contributed by atoms with Gasteiger partial charge < -0.3 is 4.74 Å². The van der Waals surface area contributed by atoms with Crippen LogP contribution in [0, 0.1) is 5.82 Å². The van der Waals surface area contributed by atoms with Crippen molar-refractivity contribution in [3.05, 3.63) is 52.8 Å². The van der Waals surface area contributed by atoms with E-state index in [-0.39, 0.29) is 9.37 Å². The Morgan fingerprint density at radius 1 is 1.14 bits per heavy atom. The van der Waals surface area contributed by atoms with Crippen molar-refractivity contribution in [2.75, 3.05) is 18.5 Å². The van der Waals surface area contributed by atoms with Crippen LogP contribution in [0.15, 0.2) is 51.8 Å². The fourth-order valence-electron chi connectivity index (χ4n) is 1.73. The molecule has 0 saturated carbocycles. The van der Waals surface area contributed by atoms with Crippen molar-refractivity contribution in [2.45, 2.75) is 4.90 Å². The molecular weight excluding hydrogens is 361 g/mol. The Morgan fingerprint density at radius 2 is 1.76 bits per heavy atom. The number of rotatable bonds is 4. The number of sulfonamides is 1. The zero-order valence-corrected chi connectivity index (χ0v) is 13.8. The molecule has 2 rings (SSSR count). The van der Waals surface area contributed by atoms with Gasteiger partial charge >= 0.3 is 0 Å². The van der Waals surface area contributed by atoms with Crippen LogP contribution in [0.5, 0.6) is 5.75 Å². The molecule has 0 unspecified atom stereocenters. The normalized spacial score (nSPS) is 11.2. The molecule has 7 heteroatoms. The van der Waals surface area contributed by atoms with Crippen molar-refractivity contribution < 1.29 is 17.5 Å². The van der Waals surface area contributed by atoms with Gasteiger partial charge in [0, 0.05) is 7.05 Å². The first-order valence-electron chi connectivity index (χ1n) is 5.94. The van der Waals surface area contributed by atoms with Gasteiger partial charge in [0.1, 0.15) is 11.6 Å². The standard InChI is InChI=1S/C14H13BrFNO3S/c1-17(10-3-5-11(20-2)6-4-10)21(18,19)12-7-8-13(15)14(16)9-12/h3-9H,1-2H3. The van der Waals surface area contributed by atoms with E-state index in [0.29, 0.717) is 11.4 Å². The maximum absolute atomic E-state index is 13.5. The van der Waals surface area contributed by atoms with Crippen molar-refractivity contribution in [1.29, 1.82) is 0 Å². The zero-order valence-electron chi connectivity index (χ0n) is 11.4. The van der Waals surface area contributed by atoms with E-state index in [4.69, 9.17) is 4.74 Å². The van der Waals surface area contributed by atoms with Gasteiger partial charge in [-0.3, -0.25) is 4.31 Å². The molecule has 4 nitrogen and oxygen atoms in total. The second kappa shape index (κ2) is 6.03. The summed E-state index contributed by atoms with van der Waals surface area (Å²) in [6, 6.07) is 10.2. The highest BCUT2D eigenvalue weighted by Gasteiger charge is 2.22. The summed E-state index contributed by atoms with van der Waals surface area (Å²) in [5.74, 6) is -0.00144. The minimum absolute atomic E-state index is 0.110. The quantitative estimate of drug-likeness (QED) is 0.824. The van der Waals surface area contributed by atoms with Crippen LogP contribution in [0.1, 0.15) is 0 Å². The average Bonchev–Trinajstić information content (AvgIpc) is 2.49. The maximum Gasteiger partial charge on any atom is 0.264 e. The third-order valence-electron chi connectivity index (χ3n) is 2.99. The summed E-state index contributed by atoms with van der Waals surface area (Å²) < 4.78 is 44.8. The van der Waals surface area contributed by atoms with Crippen LogP contribution in [0.25, 0.3) is 0 Å². The van der Waals surface area contributed by atoms with Crippen LogP contribution in [0.3, 0.4) is 0 Å². The van der Waals surface area contributed by atoms with Gasteiger partial charge in [-0.25, -0.2) is 12.8 Å². The Balaban J connectivity index is 2.39. The highest BCUT2D eigenvalue weighted by molar-refractivity contribution is 9.10. The molecular formula is C14H13BrFNO3S. The maximum atomic E-state index is 13.5. The number of hydrogen-bond donors (Lipinski definition) is 0. The molecule has 0 heterocycles. The van der Waals surface area contributed by atoms with Gasteiger partial charge in [0.2, 0.25) is 0 Å². The predicted octanol–water partition coefficient (Wildman–Crippen LogP) is 3.42. The highest BCUT2D eigenvalue weighted by atomic mass is 79.9. The van der Waals surface area contributed by atoms with E-state index in [1.54, 1.807) is 24.3 Å². The number of anilines is 1. The molecule has 0 aliphatic heterocycles. The highest BCUT2D eigenvalue weighted by Crippen LogP contribution is 2.26. The first-order valence-corrected chi connectivity index (χ1v) is 8.17. The molecule has 0 saturated heterocycles. The van der Waals surface area contributed by atoms with Crippen molar-refractivity contribution >= 4 is 31.6 Å². The monoisotopic (exact) mass is 373 g/mol. The molecule has 0 N–H and O–H groups in total. The van der Waals surface area contributed by atoms with Crippen LogP contribution in [0.2, 0.25) is 0 Å². The molecule has 2 aromatic rings. The van der Waals surface area contributed by atoms with Crippen molar-refractivity contribution in [3.63, 3.8) is 0 Å². The first-order chi connectivity index (χ1) is 9.86. The summed E-state index contributed by atoms with van der Waals surface area (Å²) >= 11 is 3.00. The van der Waals surface area contributed by atoms with Gasteiger partial charge in [-0.15, -0.1) is 0 Å². The number of benzene rings is 2. The van der Waals surface area contributed by atoms with Gasteiger partial charge in [0.15, 0.2) is 0 Å². The smallest absolute Gasteiger partial charge is 0.264 e. The van der Waals surface area contributed by atoms with E-state index in [1.807, 2.05) is 0 Å². The summed E-state index contributed by atoms with van der Waals surface area (Å²) in [7, 11) is -0.878. The van der Waals surface area contributed by atoms with Crippen LogP contribution in [0.4, 0.5) is 10.1 Å². The van der Waals surface area contributed by atoms with E-state index in [1.165, 1.54) is 26.3 Å². The van der Waals surface area contributed by atoms with Gasteiger partial charge in [0.05, 0.1) is 22.2 Å². The molecule has 0 radical (unpaired) electrons. The van der Waals surface area contributed by atoms with Crippen LogP contribution in [-0.4, -0.2) is 22.6 Å². The van der Waals surface area contributed by atoms with Gasteiger partial charge in [-0.05, 0) is 58.4 Å². The van der Waals surface area contributed by atoms with Crippen molar-refractivity contribution in [1.82, 2.24) is 0 Å². The molecule has 0 atom stereocenters. The molecule has 2 aromatic carbocycles. The summed E-state index contributed by atoms with van der Waals surface area (Å²) in [5.41, 5.74) is 0.458. The number of methoxy groups -OCH3 is 1. The fraction of sp³-hybridized carbons (Fsp3) is 0.143. The lowest BCUT2D eigenvalue weighted by Gasteiger charge is -2.19. The fourth-order valence-corrected chi connectivity index (χ4v) is 3.18. The Labute approximate surface area is 131 Å². The van der Waals surface area contributed by atoms with E-state index in [0.717, 1.165) is 10.4 Å². The molecule has 0 spiro atoms. The topological polar surface area (TPSA) is 46.6 Å². The molecule has 0 aliphatic carbocycles.